The van der Waals surface area contributed by atoms with E-state index in [1.165, 1.54) is 0 Å². The highest BCUT2D eigenvalue weighted by atomic mass is 35.5. The molecule has 2 N–H and O–H groups in total. The molecule has 2 fully saturated rings. The van der Waals surface area contributed by atoms with Crippen LogP contribution in [0, 0.1) is 11.3 Å². The van der Waals surface area contributed by atoms with E-state index in [1.54, 1.807) is 12.4 Å². The average Bonchev–Trinajstić information content (AvgIpc) is 2.79. The van der Waals surface area contributed by atoms with Gasteiger partial charge in [0, 0.05) is 38.0 Å². The molecule has 1 aromatic rings. The number of halogens is 2. The molecule has 7 heteroatoms. The second kappa shape index (κ2) is 7.41. The lowest BCUT2D eigenvalue weighted by atomic mass is 9.71. The van der Waals surface area contributed by atoms with Gasteiger partial charge >= 0.3 is 0 Å². The quantitative estimate of drug-likeness (QED) is 0.855. The van der Waals surface area contributed by atoms with E-state index in [4.69, 9.17) is 0 Å². The van der Waals surface area contributed by atoms with Crippen LogP contribution in [0.1, 0.15) is 12.8 Å². The van der Waals surface area contributed by atoms with Crippen molar-refractivity contribution in [3.05, 3.63) is 18.5 Å². The van der Waals surface area contributed by atoms with E-state index >= 15 is 0 Å². The van der Waals surface area contributed by atoms with Crippen molar-refractivity contribution in [2.75, 3.05) is 37.7 Å². The number of hydrogen-bond donors (Lipinski definition) is 2. The number of nitrogens with one attached hydrogen (secondary N) is 1. The number of hydrogen-bond acceptors (Lipinski definition) is 5. The van der Waals surface area contributed by atoms with Crippen LogP contribution in [-0.4, -0.2) is 47.9 Å². The largest absolute Gasteiger partial charge is 0.396 e. The third-order valence-corrected chi connectivity index (χ3v) is 4.47. The van der Waals surface area contributed by atoms with Gasteiger partial charge in [-0.25, -0.2) is 9.97 Å². The van der Waals surface area contributed by atoms with Gasteiger partial charge in [0.25, 0.3) is 0 Å². The Kier molecular flexibility index (Phi) is 6.45. The SMILES string of the molecule is Cl.Cl.OCC1CN(c2ncccn2)CC12CCNCC2. The fraction of sp³-hybridized carbons (Fsp3) is 0.692. The van der Waals surface area contributed by atoms with Gasteiger partial charge in [-0.1, -0.05) is 0 Å². The maximum absolute atomic E-state index is 9.66. The number of aliphatic hydroxyl groups is 1. The molecule has 1 aromatic heterocycles. The lowest BCUT2D eigenvalue weighted by Gasteiger charge is -2.37. The summed E-state index contributed by atoms with van der Waals surface area (Å²) in [6.45, 7) is 4.23. The second-order valence-electron chi connectivity index (χ2n) is 5.42. The van der Waals surface area contributed by atoms with E-state index in [0.29, 0.717) is 5.92 Å². The summed E-state index contributed by atoms with van der Waals surface area (Å²) < 4.78 is 0. The second-order valence-corrected chi connectivity index (χ2v) is 5.42. The molecule has 2 saturated heterocycles. The Hall–Kier alpha value is -0.620. The zero-order valence-corrected chi connectivity index (χ0v) is 13.0. The summed E-state index contributed by atoms with van der Waals surface area (Å²) in [6, 6.07) is 1.84. The van der Waals surface area contributed by atoms with Crippen LogP contribution in [0.4, 0.5) is 5.95 Å². The Morgan fingerprint density at radius 1 is 1.25 bits per heavy atom. The Bertz CT molecular complexity index is 401. The fourth-order valence-corrected chi connectivity index (χ4v) is 3.38. The average molecular weight is 321 g/mol. The van der Waals surface area contributed by atoms with Gasteiger partial charge in [-0.05, 0) is 37.4 Å². The smallest absolute Gasteiger partial charge is 0.225 e. The Morgan fingerprint density at radius 3 is 2.50 bits per heavy atom. The standard InChI is InChI=1S/C13H20N4O.2ClH/c18-9-11-8-17(12-15-4-1-5-16-12)10-13(11)2-6-14-7-3-13;;/h1,4-5,11,14,18H,2-3,6-10H2;2*1H. The van der Waals surface area contributed by atoms with Crippen LogP contribution in [0.3, 0.4) is 0 Å². The molecule has 2 aliphatic heterocycles. The molecule has 114 valence electrons. The van der Waals surface area contributed by atoms with Crippen LogP contribution < -0.4 is 10.2 Å². The Labute approximate surface area is 132 Å². The van der Waals surface area contributed by atoms with E-state index in [9.17, 15) is 5.11 Å². The van der Waals surface area contributed by atoms with Crippen molar-refractivity contribution in [2.24, 2.45) is 11.3 Å². The van der Waals surface area contributed by atoms with Crippen LogP contribution >= 0.6 is 24.8 Å². The minimum atomic E-state index is 0. The van der Waals surface area contributed by atoms with Gasteiger partial charge < -0.3 is 15.3 Å². The van der Waals surface area contributed by atoms with Crippen molar-refractivity contribution >= 4 is 30.8 Å². The van der Waals surface area contributed by atoms with Gasteiger partial charge in [0.15, 0.2) is 0 Å². The number of aliphatic hydroxyl groups excluding tert-OH is 1. The number of nitrogens with zero attached hydrogens (tertiary/aromatic N) is 3. The maximum Gasteiger partial charge on any atom is 0.225 e. The number of piperidine rings is 1. The molecule has 0 radical (unpaired) electrons. The van der Waals surface area contributed by atoms with Crippen LogP contribution in [0.5, 0.6) is 0 Å². The van der Waals surface area contributed by atoms with Crippen LogP contribution in [-0.2, 0) is 0 Å². The summed E-state index contributed by atoms with van der Waals surface area (Å²) in [5.41, 5.74) is 0.249. The monoisotopic (exact) mass is 320 g/mol. The summed E-state index contributed by atoms with van der Waals surface area (Å²) in [6.07, 6.45) is 5.84. The van der Waals surface area contributed by atoms with Gasteiger partial charge in [-0.2, -0.15) is 0 Å². The van der Waals surface area contributed by atoms with Crippen molar-refractivity contribution < 1.29 is 5.11 Å². The fourth-order valence-electron chi connectivity index (χ4n) is 3.38. The summed E-state index contributed by atoms with van der Waals surface area (Å²) >= 11 is 0. The van der Waals surface area contributed by atoms with Crippen molar-refractivity contribution in [2.45, 2.75) is 12.8 Å². The van der Waals surface area contributed by atoms with Gasteiger partial charge in [0.1, 0.15) is 0 Å². The van der Waals surface area contributed by atoms with E-state index in [0.717, 1.165) is 45.0 Å². The van der Waals surface area contributed by atoms with Gasteiger partial charge in [-0.3, -0.25) is 0 Å². The van der Waals surface area contributed by atoms with E-state index < -0.39 is 0 Å². The van der Waals surface area contributed by atoms with Crippen molar-refractivity contribution in [3.8, 4) is 0 Å². The van der Waals surface area contributed by atoms with Gasteiger partial charge in [-0.15, -0.1) is 24.8 Å². The summed E-state index contributed by atoms with van der Waals surface area (Å²) in [5.74, 6) is 1.15. The van der Waals surface area contributed by atoms with Crippen molar-refractivity contribution in [1.82, 2.24) is 15.3 Å². The highest BCUT2D eigenvalue weighted by Crippen LogP contribution is 2.43. The molecular formula is C13H22Cl2N4O. The topological polar surface area (TPSA) is 61.3 Å². The lowest BCUT2D eigenvalue weighted by Crippen LogP contribution is -2.43. The van der Waals surface area contributed by atoms with Crippen molar-refractivity contribution in [1.29, 1.82) is 0 Å². The molecule has 5 nitrogen and oxygen atoms in total. The van der Waals surface area contributed by atoms with Gasteiger partial charge in [0.05, 0.1) is 0 Å². The zero-order chi connectivity index (χ0) is 12.4. The maximum atomic E-state index is 9.66. The molecule has 0 aliphatic carbocycles. The molecule has 3 rings (SSSR count). The normalized spacial score (nSPS) is 24.1. The Balaban J connectivity index is 0.000001000. The molecule has 0 aromatic carbocycles. The third kappa shape index (κ3) is 3.17. The molecule has 3 heterocycles. The van der Waals surface area contributed by atoms with Gasteiger partial charge in [0.2, 0.25) is 5.95 Å². The molecule has 1 unspecified atom stereocenters. The summed E-state index contributed by atoms with van der Waals surface area (Å²) in [7, 11) is 0. The first-order valence-corrected chi connectivity index (χ1v) is 6.68. The third-order valence-electron chi connectivity index (χ3n) is 4.47. The highest BCUT2D eigenvalue weighted by molar-refractivity contribution is 5.85. The number of aromatic nitrogens is 2. The van der Waals surface area contributed by atoms with E-state index in [2.05, 4.69) is 20.2 Å². The van der Waals surface area contributed by atoms with E-state index in [-0.39, 0.29) is 36.8 Å². The zero-order valence-electron chi connectivity index (χ0n) is 11.4. The molecule has 20 heavy (non-hydrogen) atoms. The molecule has 0 saturated carbocycles. The molecule has 1 spiro atoms. The summed E-state index contributed by atoms with van der Waals surface area (Å²) in [4.78, 5) is 10.9. The first-order chi connectivity index (χ1) is 8.84. The van der Waals surface area contributed by atoms with Crippen LogP contribution in [0.2, 0.25) is 0 Å². The number of rotatable bonds is 2. The minimum absolute atomic E-state index is 0. The minimum Gasteiger partial charge on any atom is -0.396 e. The predicted octanol–water partition coefficient (Wildman–Crippen LogP) is 1.12. The highest BCUT2D eigenvalue weighted by Gasteiger charge is 2.47. The molecule has 0 bridgehead atoms. The predicted molar refractivity (Wildman–Crippen MR) is 83.9 cm³/mol. The first-order valence-electron chi connectivity index (χ1n) is 6.68. The lowest BCUT2D eigenvalue weighted by molar-refractivity contribution is 0.1000. The Morgan fingerprint density at radius 2 is 1.90 bits per heavy atom. The summed E-state index contributed by atoms with van der Waals surface area (Å²) in [5, 5.41) is 13.1. The van der Waals surface area contributed by atoms with Crippen LogP contribution in [0.15, 0.2) is 18.5 Å². The molecule has 1 atom stereocenters. The first kappa shape index (κ1) is 17.4. The molecular weight excluding hydrogens is 299 g/mol. The molecule has 2 aliphatic rings. The van der Waals surface area contributed by atoms with Crippen LogP contribution in [0.25, 0.3) is 0 Å². The van der Waals surface area contributed by atoms with E-state index in [1.807, 2.05) is 6.07 Å². The number of anilines is 1. The molecule has 0 amide bonds. The van der Waals surface area contributed by atoms with Crippen molar-refractivity contribution in [3.63, 3.8) is 0 Å².